The van der Waals surface area contributed by atoms with Gasteiger partial charge < -0.3 is 15.0 Å². The first kappa shape index (κ1) is 22.0. The molecular formula is C27H25ClN4O4. The van der Waals surface area contributed by atoms with E-state index in [1.54, 1.807) is 12.1 Å². The van der Waals surface area contributed by atoms with Gasteiger partial charge in [-0.05, 0) is 37.0 Å². The highest BCUT2D eigenvalue weighted by Crippen LogP contribution is 2.54. The van der Waals surface area contributed by atoms with E-state index in [4.69, 9.17) is 16.3 Å². The molecule has 5 heterocycles. The molecule has 3 saturated heterocycles. The number of rotatable bonds is 4. The fraction of sp³-hybridized carbons (Fsp3) is 0.370. The molecule has 5 atom stereocenters. The number of H-pyrrole nitrogens is 1. The molecule has 4 aliphatic heterocycles. The van der Waals surface area contributed by atoms with E-state index in [-0.39, 0.29) is 30.4 Å². The Balaban J connectivity index is 1.33. The monoisotopic (exact) mass is 504 g/mol. The van der Waals surface area contributed by atoms with Crippen LogP contribution in [0.3, 0.4) is 0 Å². The largest absolute Gasteiger partial charge is 0.376 e. The zero-order chi connectivity index (χ0) is 24.6. The number of imide groups is 1. The van der Waals surface area contributed by atoms with E-state index in [1.165, 1.54) is 4.90 Å². The number of benzene rings is 2. The maximum atomic E-state index is 13.9. The Hall–Kier alpha value is -3.20. The van der Waals surface area contributed by atoms with Crippen LogP contribution >= 0.6 is 11.6 Å². The number of ether oxygens (including phenoxy) is 1. The molecule has 36 heavy (non-hydrogen) atoms. The van der Waals surface area contributed by atoms with E-state index in [0.29, 0.717) is 29.3 Å². The van der Waals surface area contributed by atoms with Crippen LogP contribution < -0.4 is 10.6 Å². The number of para-hydroxylation sites is 2. The normalized spacial score (nSPS) is 31.0. The van der Waals surface area contributed by atoms with Gasteiger partial charge in [0.2, 0.25) is 17.7 Å². The van der Waals surface area contributed by atoms with E-state index < -0.39 is 23.4 Å². The van der Waals surface area contributed by atoms with Gasteiger partial charge in [0.25, 0.3) is 0 Å². The Morgan fingerprint density at radius 1 is 1.08 bits per heavy atom. The number of amides is 3. The van der Waals surface area contributed by atoms with Gasteiger partial charge in [0, 0.05) is 35.3 Å². The summed E-state index contributed by atoms with van der Waals surface area (Å²) in [4.78, 5) is 46.1. The third-order valence-electron chi connectivity index (χ3n) is 8.32. The number of fused-ring (bicyclic) bond motifs is 5. The number of halogens is 1. The predicted molar refractivity (Wildman–Crippen MR) is 133 cm³/mol. The van der Waals surface area contributed by atoms with Gasteiger partial charge in [-0.1, -0.05) is 41.9 Å². The third-order valence-corrected chi connectivity index (χ3v) is 8.63. The quantitative estimate of drug-likeness (QED) is 0.474. The van der Waals surface area contributed by atoms with Crippen LogP contribution in [-0.4, -0.2) is 52.9 Å². The summed E-state index contributed by atoms with van der Waals surface area (Å²) in [6.45, 7) is 0.862. The van der Waals surface area contributed by atoms with Gasteiger partial charge in [-0.3, -0.25) is 24.6 Å². The zero-order valence-electron chi connectivity index (χ0n) is 19.4. The number of carbonyl (C=O) groups excluding carboxylic acids is 3. The second-order valence-electron chi connectivity index (χ2n) is 10.2. The van der Waals surface area contributed by atoms with E-state index in [2.05, 4.69) is 15.6 Å². The van der Waals surface area contributed by atoms with Crippen molar-refractivity contribution in [3.63, 3.8) is 0 Å². The number of likely N-dealkylation sites (tertiary alicyclic amines) is 1. The molecule has 0 radical (unpaired) electrons. The molecule has 0 saturated carbocycles. The maximum Gasteiger partial charge on any atom is 0.250 e. The Morgan fingerprint density at radius 2 is 1.94 bits per heavy atom. The van der Waals surface area contributed by atoms with E-state index in [1.807, 2.05) is 36.5 Å². The third kappa shape index (κ3) is 2.92. The van der Waals surface area contributed by atoms with E-state index >= 15 is 0 Å². The standard InChI is InChI=1S/C27H25ClN4O4/c28-18-8-3-7-17-23(18)30-26(35)27(17)22-21(24(33)32(25(22)34)13-15-5-4-10-36-15)20(31-27)11-14-12-29-19-9-2-1-6-16(14)19/h1-3,6-9,12,15,20-22,29,31H,4-5,10-11,13H2,(H,30,35)/t15-,20-,21-,22+,27+/m0/s1. The lowest BCUT2D eigenvalue weighted by Crippen LogP contribution is -2.54. The molecule has 3 N–H and O–H groups in total. The highest BCUT2D eigenvalue weighted by atomic mass is 35.5. The molecule has 3 amide bonds. The molecule has 3 fully saturated rings. The van der Waals surface area contributed by atoms with E-state index in [0.717, 1.165) is 29.3 Å². The van der Waals surface area contributed by atoms with Crippen molar-refractivity contribution in [3.8, 4) is 0 Å². The van der Waals surface area contributed by atoms with Crippen molar-refractivity contribution < 1.29 is 19.1 Å². The number of nitrogens with one attached hydrogen (secondary N) is 3. The number of hydrogen-bond acceptors (Lipinski definition) is 5. The van der Waals surface area contributed by atoms with Crippen molar-refractivity contribution in [1.82, 2.24) is 15.2 Å². The number of hydrogen-bond donors (Lipinski definition) is 3. The summed E-state index contributed by atoms with van der Waals surface area (Å²) < 4.78 is 5.74. The second-order valence-corrected chi connectivity index (χ2v) is 10.6. The van der Waals surface area contributed by atoms with E-state index in [9.17, 15) is 14.4 Å². The predicted octanol–water partition coefficient (Wildman–Crippen LogP) is 2.96. The zero-order valence-corrected chi connectivity index (χ0v) is 20.2. The number of nitrogens with zero attached hydrogens (tertiary/aromatic N) is 1. The topological polar surface area (TPSA) is 104 Å². The van der Waals surface area contributed by atoms with Crippen molar-refractivity contribution in [2.24, 2.45) is 11.8 Å². The SMILES string of the molecule is O=C1[C@H]2[C@H](Cc3c[nH]c4ccccc34)N[C@@]3(C(=O)Nc4c(Cl)cccc43)[C@H]2C(=O)N1C[C@@H]1CCCO1. The average molecular weight is 505 g/mol. The van der Waals surface area contributed by atoms with Crippen LogP contribution in [0.5, 0.6) is 0 Å². The van der Waals surface area contributed by atoms with Gasteiger partial charge in [-0.25, -0.2) is 0 Å². The number of anilines is 1. The number of carbonyl (C=O) groups is 3. The molecule has 2 aromatic carbocycles. The minimum Gasteiger partial charge on any atom is -0.376 e. The van der Waals surface area contributed by atoms with Gasteiger partial charge in [-0.2, -0.15) is 0 Å². The van der Waals surface area contributed by atoms with Gasteiger partial charge >= 0.3 is 0 Å². The highest BCUT2D eigenvalue weighted by Gasteiger charge is 2.70. The van der Waals surface area contributed by atoms with Crippen LogP contribution in [-0.2, 0) is 31.1 Å². The lowest BCUT2D eigenvalue weighted by molar-refractivity contribution is -0.144. The Labute approximate surface area is 212 Å². The molecule has 184 valence electrons. The smallest absolute Gasteiger partial charge is 0.250 e. The molecule has 9 heteroatoms. The summed E-state index contributed by atoms with van der Waals surface area (Å²) in [6, 6.07) is 12.9. The van der Waals surface area contributed by atoms with Crippen LogP contribution in [0.25, 0.3) is 10.9 Å². The summed E-state index contributed by atoms with van der Waals surface area (Å²) in [7, 11) is 0. The summed E-state index contributed by atoms with van der Waals surface area (Å²) in [5.41, 5.74) is 1.79. The molecule has 7 rings (SSSR count). The average Bonchev–Trinajstić information content (AvgIpc) is 3.68. The van der Waals surface area contributed by atoms with Crippen molar-refractivity contribution in [3.05, 3.63) is 64.8 Å². The molecule has 0 unspecified atom stereocenters. The Morgan fingerprint density at radius 3 is 2.78 bits per heavy atom. The van der Waals surface area contributed by atoms with Crippen LogP contribution in [0.15, 0.2) is 48.7 Å². The van der Waals surface area contributed by atoms with Crippen LogP contribution in [0.2, 0.25) is 5.02 Å². The number of aromatic amines is 1. The lowest BCUT2D eigenvalue weighted by Gasteiger charge is -2.30. The van der Waals surface area contributed by atoms with Crippen molar-refractivity contribution >= 4 is 45.9 Å². The maximum absolute atomic E-state index is 13.9. The summed E-state index contributed by atoms with van der Waals surface area (Å²) in [5.74, 6) is -2.44. The van der Waals surface area contributed by atoms with Crippen molar-refractivity contribution in [2.75, 3.05) is 18.5 Å². The summed E-state index contributed by atoms with van der Waals surface area (Å²) >= 11 is 6.44. The molecular weight excluding hydrogens is 480 g/mol. The first-order valence-corrected chi connectivity index (χ1v) is 12.8. The fourth-order valence-corrected chi connectivity index (χ4v) is 6.96. The minimum atomic E-state index is -1.36. The first-order chi connectivity index (χ1) is 17.5. The van der Waals surface area contributed by atoms with Crippen molar-refractivity contribution in [2.45, 2.75) is 36.9 Å². The van der Waals surface area contributed by atoms with Crippen LogP contribution in [0, 0.1) is 11.8 Å². The van der Waals surface area contributed by atoms with Gasteiger partial charge in [0.05, 0.1) is 35.2 Å². The number of aromatic nitrogens is 1. The molecule has 8 nitrogen and oxygen atoms in total. The van der Waals surface area contributed by atoms with Crippen molar-refractivity contribution in [1.29, 1.82) is 0 Å². The molecule has 0 aliphatic carbocycles. The second kappa shape index (κ2) is 7.90. The van der Waals surface area contributed by atoms with Crippen LogP contribution in [0.1, 0.15) is 24.0 Å². The lowest BCUT2D eigenvalue weighted by atomic mass is 9.76. The highest BCUT2D eigenvalue weighted by molar-refractivity contribution is 6.35. The molecule has 3 aromatic rings. The fourth-order valence-electron chi connectivity index (χ4n) is 6.74. The Kier molecular flexibility index (Phi) is 4.83. The molecule has 4 aliphatic rings. The summed E-state index contributed by atoms with van der Waals surface area (Å²) in [6.07, 6.45) is 4.00. The van der Waals surface area contributed by atoms with Crippen LogP contribution in [0.4, 0.5) is 5.69 Å². The molecule has 0 bridgehead atoms. The summed E-state index contributed by atoms with van der Waals surface area (Å²) in [5, 5.41) is 7.86. The molecule has 1 spiro atoms. The van der Waals surface area contributed by atoms with Gasteiger partial charge in [0.1, 0.15) is 5.54 Å². The van der Waals surface area contributed by atoms with Gasteiger partial charge in [0.15, 0.2) is 0 Å². The Bertz CT molecular complexity index is 1430. The van der Waals surface area contributed by atoms with Gasteiger partial charge in [-0.15, -0.1) is 0 Å². The minimum absolute atomic E-state index is 0.160. The first-order valence-electron chi connectivity index (χ1n) is 12.4. The molecule has 1 aromatic heterocycles.